The first-order valence-electron chi connectivity index (χ1n) is 4.35. The van der Waals surface area contributed by atoms with Gasteiger partial charge in [0, 0.05) is 6.20 Å². The third kappa shape index (κ3) is 3.13. The van der Waals surface area contributed by atoms with Crippen molar-refractivity contribution in [1.29, 1.82) is 5.26 Å². The summed E-state index contributed by atoms with van der Waals surface area (Å²) >= 11 is 0. The van der Waals surface area contributed by atoms with Crippen molar-refractivity contribution in [2.45, 2.75) is 26.6 Å². The molecule has 1 heterocycles. The van der Waals surface area contributed by atoms with E-state index in [-0.39, 0.29) is 5.69 Å². The summed E-state index contributed by atoms with van der Waals surface area (Å²) in [5.41, 5.74) is 0.771. The van der Waals surface area contributed by atoms with E-state index in [0.717, 1.165) is 5.56 Å². The molecular weight excluding hydrogens is 180 g/mol. The van der Waals surface area contributed by atoms with E-state index < -0.39 is 5.79 Å². The van der Waals surface area contributed by atoms with Crippen LogP contribution in [0.15, 0.2) is 18.3 Å². The fourth-order valence-electron chi connectivity index (χ4n) is 0.784. The Labute approximate surface area is 83.5 Å². The zero-order valence-corrected chi connectivity index (χ0v) is 8.52. The quantitative estimate of drug-likeness (QED) is 0.518. The first-order valence-corrected chi connectivity index (χ1v) is 4.35. The second-order valence-electron chi connectivity index (χ2n) is 2.50. The third-order valence-electron chi connectivity index (χ3n) is 1.43. The highest BCUT2D eigenvalue weighted by atomic mass is 16.5. The van der Waals surface area contributed by atoms with Gasteiger partial charge in [0.25, 0.3) is 5.79 Å². The van der Waals surface area contributed by atoms with Crippen molar-refractivity contribution in [3.05, 3.63) is 29.6 Å². The maximum absolute atomic E-state index is 9.05. The van der Waals surface area contributed by atoms with E-state index in [0.29, 0.717) is 0 Å². The highest BCUT2D eigenvalue weighted by Crippen LogP contribution is 2.14. The predicted molar refractivity (Wildman–Crippen MR) is 52.1 cm³/mol. The van der Waals surface area contributed by atoms with Crippen LogP contribution in [0.1, 0.15) is 25.1 Å². The number of pyridine rings is 1. The number of nitrogens with zero attached hydrogens (tertiary/aromatic N) is 2. The molecule has 1 aromatic heterocycles. The van der Waals surface area contributed by atoms with Crippen molar-refractivity contribution in [1.82, 2.24) is 4.98 Å². The van der Waals surface area contributed by atoms with Crippen molar-refractivity contribution in [2.75, 3.05) is 0 Å². The Balaban J connectivity index is 0.000000791. The number of hydrogen-bond acceptors (Lipinski definition) is 4. The zero-order chi connectivity index (χ0) is 11.2. The fraction of sp³-hybridized carbons (Fsp3) is 0.400. The summed E-state index contributed by atoms with van der Waals surface area (Å²) in [7, 11) is 0. The number of aliphatic hydroxyl groups is 2. The molecule has 2 N–H and O–H groups in total. The third-order valence-corrected chi connectivity index (χ3v) is 1.43. The largest absolute Gasteiger partial charge is 0.349 e. The Morgan fingerprint density at radius 1 is 1.43 bits per heavy atom. The molecule has 1 rings (SSSR count). The van der Waals surface area contributed by atoms with Crippen LogP contribution in [0, 0.1) is 18.3 Å². The van der Waals surface area contributed by atoms with Crippen molar-refractivity contribution in [3.8, 4) is 6.07 Å². The smallest absolute Gasteiger partial charge is 0.299 e. The van der Waals surface area contributed by atoms with Crippen molar-refractivity contribution < 1.29 is 10.2 Å². The molecule has 4 heteroatoms. The minimum Gasteiger partial charge on any atom is -0.349 e. The molecule has 0 aliphatic rings. The summed E-state index contributed by atoms with van der Waals surface area (Å²) in [4.78, 5) is 3.66. The van der Waals surface area contributed by atoms with E-state index in [1.54, 1.807) is 13.0 Å². The molecule has 76 valence electrons. The molecule has 0 saturated carbocycles. The molecule has 0 unspecified atom stereocenters. The van der Waals surface area contributed by atoms with E-state index in [1.165, 1.54) is 18.3 Å². The summed E-state index contributed by atoms with van der Waals surface area (Å²) in [5.74, 6) is -2.48. The van der Waals surface area contributed by atoms with Crippen LogP contribution >= 0.6 is 0 Å². The van der Waals surface area contributed by atoms with Gasteiger partial charge in [0.05, 0.1) is 0 Å². The lowest BCUT2D eigenvalue weighted by molar-refractivity contribution is -0.121. The van der Waals surface area contributed by atoms with Crippen LogP contribution in [0.25, 0.3) is 0 Å². The van der Waals surface area contributed by atoms with Crippen LogP contribution in [0.5, 0.6) is 0 Å². The van der Waals surface area contributed by atoms with Crippen LogP contribution in [0.3, 0.4) is 0 Å². The molecule has 0 aliphatic heterocycles. The van der Waals surface area contributed by atoms with Gasteiger partial charge in [-0.3, -0.25) is 4.98 Å². The summed E-state index contributed by atoms with van der Waals surface area (Å²) in [6.45, 7) is 5.78. The second kappa shape index (κ2) is 5.32. The maximum atomic E-state index is 9.05. The van der Waals surface area contributed by atoms with Crippen molar-refractivity contribution >= 4 is 0 Å². The Bertz CT molecular complexity index is 329. The van der Waals surface area contributed by atoms with Crippen molar-refractivity contribution in [3.63, 3.8) is 0 Å². The second-order valence-corrected chi connectivity index (χ2v) is 2.50. The molecule has 0 amide bonds. The summed E-state index contributed by atoms with van der Waals surface area (Å²) in [5, 5.41) is 26.5. The number of rotatable bonds is 1. The average molecular weight is 194 g/mol. The monoisotopic (exact) mass is 194 g/mol. The van der Waals surface area contributed by atoms with Crippen LogP contribution in [0.2, 0.25) is 0 Å². The van der Waals surface area contributed by atoms with Crippen molar-refractivity contribution in [2.24, 2.45) is 0 Å². The van der Waals surface area contributed by atoms with Gasteiger partial charge in [-0.2, -0.15) is 5.26 Å². The normalized spacial score (nSPS) is 9.71. The SMILES string of the molecule is CC.Cc1ccnc(C(O)(O)C#N)c1. The van der Waals surface area contributed by atoms with E-state index >= 15 is 0 Å². The molecule has 0 aliphatic carbocycles. The van der Waals surface area contributed by atoms with Crippen LogP contribution in [0.4, 0.5) is 0 Å². The van der Waals surface area contributed by atoms with Gasteiger partial charge < -0.3 is 10.2 Å². The average Bonchev–Trinajstić information content (AvgIpc) is 2.21. The summed E-state index contributed by atoms with van der Waals surface area (Å²) < 4.78 is 0. The Morgan fingerprint density at radius 2 is 2.00 bits per heavy atom. The molecule has 0 fully saturated rings. The molecule has 4 nitrogen and oxygen atoms in total. The molecule has 14 heavy (non-hydrogen) atoms. The fourth-order valence-corrected chi connectivity index (χ4v) is 0.784. The number of nitriles is 1. The van der Waals surface area contributed by atoms with Crippen LogP contribution in [-0.2, 0) is 5.79 Å². The summed E-state index contributed by atoms with van der Waals surface area (Å²) in [6, 6.07) is 4.49. The molecular formula is C10H14N2O2. The van der Waals surface area contributed by atoms with Gasteiger partial charge in [-0.15, -0.1) is 0 Å². The van der Waals surface area contributed by atoms with E-state index in [2.05, 4.69) is 4.98 Å². The van der Waals surface area contributed by atoms with Gasteiger partial charge in [-0.25, -0.2) is 0 Å². The van der Waals surface area contributed by atoms with Crippen LogP contribution in [-0.4, -0.2) is 15.2 Å². The topological polar surface area (TPSA) is 77.1 Å². The zero-order valence-electron chi connectivity index (χ0n) is 8.52. The first kappa shape index (κ1) is 12.6. The molecule has 0 atom stereocenters. The lowest BCUT2D eigenvalue weighted by atomic mass is 10.1. The minimum atomic E-state index is -2.48. The number of aromatic nitrogens is 1. The molecule has 0 bridgehead atoms. The lowest BCUT2D eigenvalue weighted by Gasteiger charge is -2.11. The lowest BCUT2D eigenvalue weighted by Crippen LogP contribution is -2.23. The Hall–Kier alpha value is -1.44. The number of aryl methyl sites for hydroxylation is 1. The molecule has 0 radical (unpaired) electrons. The van der Waals surface area contributed by atoms with Gasteiger partial charge in [0.15, 0.2) is 0 Å². The highest BCUT2D eigenvalue weighted by molar-refractivity contribution is 5.21. The Morgan fingerprint density at radius 3 is 2.43 bits per heavy atom. The maximum Gasteiger partial charge on any atom is 0.299 e. The standard InChI is InChI=1S/C8H8N2O2.C2H6/c1-6-2-3-10-7(4-6)8(11,12)5-9;1-2/h2-4,11-12H,1H3;1-2H3. The van der Waals surface area contributed by atoms with Gasteiger partial charge in [-0.1, -0.05) is 13.8 Å². The minimum absolute atomic E-state index is 0.0509. The number of hydrogen-bond donors (Lipinski definition) is 2. The molecule has 0 aromatic carbocycles. The van der Waals surface area contributed by atoms with Gasteiger partial charge in [-0.05, 0) is 24.6 Å². The predicted octanol–water partition coefficient (Wildman–Crippen LogP) is 1.08. The van der Waals surface area contributed by atoms with E-state index in [1.807, 2.05) is 13.8 Å². The first-order chi connectivity index (χ1) is 6.56. The molecule has 0 saturated heterocycles. The molecule has 1 aromatic rings. The van der Waals surface area contributed by atoms with Gasteiger partial charge in [0.2, 0.25) is 0 Å². The van der Waals surface area contributed by atoms with E-state index in [4.69, 9.17) is 15.5 Å². The Kier molecular flexibility index (Phi) is 4.78. The highest BCUT2D eigenvalue weighted by Gasteiger charge is 2.26. The van der Waals surface area contributed by atoms with Crippen LogP contribution < -0.4 is 0 Å². The summed E-state index contributed by atoms with van der Waals surface area (Å²) in [6.07, 6.45) is 1.42. The van der Waals surface area contributed by atoms with Gasteiger partial charge >= 0.3 is 0 Å². The molecule has 0 spiro atoms. The van der Waals surface area contributed by atoms with E-state index in [9.17, 15) is 0 Å². The van der Waals surface area contributed by atoms with Gasteiger partial charge in [0.1, 0.15) is 11.8 Å².